The van der Waals surface area contributed by atoms with Crippen molar-refractivity contribution in [1.82, 2.24) is 16.0 Å². The molecule has 0 spiro atoms. The quantitative estimate of drug-likeness (QED) is 0.478. The zero-order chi connectivity index (χ0) is 21.8. The van der Waals surface area contributed by atoms with Gasteiger partial charge in [-0.3, -0.25) is 0 Å². The fourth-order valence-corrected chi connectivity index (χ4v) is 3.33. The minimum atomic E-state index is -0.401. The molecule has 0 radical (unpaired) electrons. The number of phenolic OH excluding ortho intramolecular Hbond substituents is 2. The van der Waals surface area contributed by atoms with Crippen LogP contribution in [0.2, 0.25) is 0 Å². The molecule has 2 aliphatic rings. The Bertz CT molecular complexity index is 1150. The lowest BCUT2D eigenvalue weighted by Crippen LogP contribution is -2.43. The summed E-state index contributed by atoms with van der Waals surface area (Å²) in [5.74, 6) is 0.976. The van der Waals surface area contributed by atoms with Crippen molar-refractivity contribution in [3.05, 3.63) is 84.1 Å². The number of aliphatic imine (C=N–C) groups is 2. The molecule has 8 heteroatoms. The van der Waals surface area contributed by atoms with E-state index in [9.17, 15) is 10.2 Å². The van der Waals surface area contributed by atoms with Gasteiger partial charge in [0.2, 0.25) is 0 Å². The molecule has 2 aromatic carbocycles. The van der Waals surface area contributed by atoms with Gasteiger partial charge in [-0.1, -0.05) is 6.08 Å². The largest absolute Gasteiger partial charge is 0.508 e. The maximum atomic E-state index is 9.68. The van der Waals surface area contributed by atoms with Gasteiger partial charge in [0, 0.05) is 11.1 Å². The molecular weight excluding hydrogens is 410 g/mol. The minimum Gasteiger partial charge on any atom is -0.508 e. The smallest absolute Gasteiger partial charge is 0.175 e. The molecule has 0 saturated carbocycles. The summed E-state index contributed by atoms with van der Waals surface area (Å²) < 4.78 is 0. The highest BCUT2D eigenvalue weighted by atomic mass is 32.1. The average molecular weight is 432 g/mol. The number of hydrogen-bond donors (Lipinski definition) is 5. The Hall–Kier alpha value is -3.91. The van der Waals surface area contributed by atoms with Crippen molar-refractivity contribution >= 4 is 40.3 Å². The topological polar surface area (TPSA) is 101 Å². The molecule has 7 nitrogen and oxygen atoms in total. The molecule has 0 aromatic heterocycles. The molecule has 0 bridgehead atoms. The van der Waals surface area contributed by atoms with Crippen LogP contribution >= 0.6 is 12.2 Å². The number of hydrogen-bond acceptors (Lipinski definition) is 6. The van der Waals surface area contributed by atoms with Crippen molar-refractivity contribution in [2.24, 2.45) is 9.98 Å². The van der Waals surface area contributed by atoms with Gasteiger partial charge in [-0.15, -0.1) is 0 Å². The molecule has 0 amide bonds. The number of amidine groups is 1. The number of allylic oxidation sites excluding steroid dienone is 1. The standard InChI is InChI=1S/C23H21N5O2S/c1-2-13-24-23(31)27-19-12-11-18-22(26-19)28-21(15-5-9-17(30)10-6-15)20(25-18)14-3-7-16(29)8-4-14/h2-13,22,28-30H,1H3,(H2,24,26,27,31)/b13-2+. The van der Waals surface area contributed by atoms with Crippen molar-refractivity contribution < 1.29 is 10.2 Å². The van der Waals surface area contributed by atoms with E-state index in [0.29, 0.717) is 10.9 Å². The van der Waals surface area contributed by atoms with E-state index in [4.69, 9.17) is 17.2 Å². The second kappa shape index (κ2) is 8.85. The predicted molar refractivity (Wildman–Crippen MR) is 128 cm³/mol. The molecule has 0 fully saturated rings. The van der Waals surface area contributed by atoms with Crippen LogP contribution in [0.3, 0.4) is 0 Å². The van der Waals surface area contributed by atoms with Crippen LogP contribution in [0, 0.1) is 0 Å². The van der Waals surface area contributed by atoms with Gasteiger partial charge in [0.15, 0.2) is 11.3 Å². The lowest BCUT2D eigenvalue weighted by atomic mass is 10.0. The van der Waals surface area contributed by atoms with Gasteiger partial charge in [-0.2, -0.15) is 0 Å². The molecule has 0 aliphatic carbocycles. The summed E-state index contributed by atoms with van der Waals surface area (Å²) in [7, 11) is 0. The van der Waals surface area contributed by atoms with Crippen molar-refractivity contribution in [3.8, 4) is 11.5 Å². The van der Waals surface area contributed by atoms with Crippen LogP contribution in [-0.4, -0.2) is 33.0 Å². The number of phenols is 2. The fraction of sp³-hybridized carbons (Fsp3) is 0.0870. The normalized spacial score (nSPS) is 17.5. The summed E-state index contributed by atoms with van der Waals surface area (Å²) in [4.78, 5) is 9.54. The number of benzene rings is 2. The van der Waals surface area contributed by atoms with Crippen molar-refractivity contribution in [2.45, 2.75) is 13.1 Å². The van der Waals surface area contributed by atoms with E-state index in [2.05, 4.69) is 20.9 Å². The molecule has 1 atom stereocenters. The van der Waals surface area contributed by atoms with Crippen molar-refractivity contribution in [1.29, 1.82) is 0 Å². The average Bonchev–Trinajstić information content (AvgIpc) is 2.78. The summed E-state index contributed by atoms with van der Waals surface area (Å²) in [5, 5.41) is 29.2. The van der Waals surface area contributed by atoms with E-state index < -0.39 is 6.17 Å². The highest BCUT2D eigenvalue weighted by molar-refractivity contribution is 7.80. The molecule has 4 rings (SSSR count). The zero-order valence-corrected chi connectivity index (χ0v) is 17.5. The van der Waals surface area contributed by atoms with E-state index in [1.54, 1.807) is 30.5 Å². The zero-order valence-electron chi connectivity index (χ0n) is 16.7. The van der Waals surface area contributed by atoms with Crippen LogP contribution in [0.15, 0.2) is 82.9 Å². The van der Waals surface area contributed by atoms with E-state index in [0.717, 1.165) is 28.2 Å². The third-order valence-electron chi connectivity index (χ3n) is 4.64. The van der Waals surface area contributed by atoms with Gasteiger partial charge < -0.3 is 26.2 Å². The first kappa shape index (κ1) is 20.4. The van der Waals surface area contributed by atoms with Gasteiger partial charge >= 0.3 is 0 Å². The Morgan fingerprint density at radius 3 is 2.29 bits per heavy atom. The van der Waals surface area contributed by atoms with Crippen LogP contribution in [0.5, 0.6) is 11.5 Å². The molecule has 2 aliphatic heterocycles. The number of fused-ring (bicyclic) bond motifs is 1. The molecule has 2 heterocycles. The molecule has 0 saturated heterocycles. The van der Waals surface area contributed by atoms with Crippen molar-refractivity contribution in [2.75, 3.05) is 0 Å². The number of rotatable bonds is 3. The molecular formula is C23H21N5O2S. The number of aromatic hydroxyl groups is 2. The maximum Gasteiger partial charge on any atom is 0.175 e. The highest BCUT2D eigenvalue weighted by Gasteiger charge is 2.26. The summed E-state index contributed by atoms with van der Waals surface area (Å²) in [6.45, 7) is 1.89. The summed E-state index contributed by atoms with van der Waals surface area (Å²) in [6, 6.07) is 13.8. The first-order valence-electron chi connectivity index (χ1n) is 9.66. The van der Waals surface area contributed by atoms with Crippen LogP contribution in [0.1, 0.15) is 18.1 Å². The van der Waals surface area contributed by atoms with E-state index in [1.807, 2.05) is 49.4 Å². The molecule has 1 unspecified atom stereocenters. The fourth-order valence-electron chi connectivity index (χ4n) is 3.16. The Morgan fingerprint density at radius 1 is 1.00 bits per heavy atom. The van der Waals surface area contributed by atoms with Crippen LogP contribution in [0.4, 0.5) is 0 Å². The lowest BCUT2D eigenvalue weighted by Gasteiger charge is -2.28. The van der Waals surface area contributed by atoms with Gasteiger partial charge in [0.05, 0.1) is 17.1 Å². The first-order chi connectivity index (χ1) is 15.0. The predicted octanol–water partition coefficient (Wildman–Crippen LogP) is 3.26. The van der Waals surface area contributed by atoms with E-state index in [-0.39, 0.29) is 11.5 Å². The summed E-state index contributed by atoms with van der Waals surface area (Å²) >= 11 is 5.26. The van der Waals surface area contributed by atoms with Gasteiger partial charge in [-0.25, -0.2) is 9.98 Å². The van der Waals surface area contributed by atoms with E-state index >= 15 is 0 Å². The number of nitrogens with zero attached hydrogens (tertiary/aromatic N) is 2. The maximum absolute atomic E-state index is 9.68. The van der Waals surface area contributed by atoms with Crippen LogP contribution < -0.4 is 16.0 Å². The Labute approximate surface area is 185 Å². The minimum absolute atomic E-state index is 0.183. The van der Waals surface area contributed by atoms with Gasteiger partial charge in [0.1, 0.15) is 17.3 Å². The van der Waals surface area contributed by atoms with E-state index in [1.165, 1.54) is 0 Å². The SMILES string of the molecule is C/C=C/NC(=S)NC1=NC2NC(c3ccc(O)cc3)=C(c3ccc(O)cc3)N=C2C=C1. The van der Waals surface area contributed by atoms with Gasteiger partial charge in [0.25, 0.3) is 0 Å². The van der Waals surface area contributed by atoms with Crippen LogP contribution in [0.25, 0.3) is 11.4 Å². The second-order valence-corrected chi connectivity index (χ2v) is 7.26. The molecule has 5 N–H and O–H groups in total. The van der Waals surface area contributed by atoms with Crippen LogP contribution in [-0.2, 0) is 0 Å². The monoisotopic (exact) mass is 431 g/mol. The number of thiocarbonyl (C=S) groups is 1. The third-order valence-corrected chi connectivity index (χ3v) is 4.86. The Kier molecular flexibility index (Phi) is 5.81. The first-order valence-corrected chi connectivity index (χ1v) is 10.1. The second-order valence-electron chi connectivity index (χ2n) is 6.85. The summed E-state index contributed by atoms with van der Waals surface area (Å²) in [6.07, 6.45) is 6.89. The molecule has 31 heavy (non-hydrogen) atoms. The number of nitrogens with one attached hydrogen (secondary N) is 3. The van der Waals surface area contributed by atoms with Gasteiger partial charge in [-0.05, 0) is 86.0 Å². The molecule has 2 aromatic rings. The third kappa shape index (κ3) is 4.65. The lowest BCUT2D eigenvalue weighted by molar-refractivity contribution is 0.474. The van der Waals surface area contributed by atoms with Crippen molar-refractivity contribution in [3.63, 3.8) is 0 Å². The highest BCUT2D eigenvalue weighted by Crippen LogP contribution is 2.32. The Morgan fingerprint density at radius 2 is 1.65 bits per heavy atom. The number of dihydropyridines is 1. The molecule has 156 valence electrons. The Balaban J connectivity index is 1.69. The summed E-state index contributed by atoms with van der Waals surface area (Å²) in [5.41, 5.74) is 3.94.